The molecule has 0 aliphatic carbocycles. The molecule has 3 fully saturated rings. The SMILES string of the molecule is O=C1COC2C(C(=O)[C@H](CSCc3ccccc3)NC(=O)N3CCOCC3)CCNC12. The molecule has 31 heavy (non-hydrogen) atoms. The number of hydrogen-bond donors (Lipinski definition) is 2. The Bertz CT molecular complexity index is 787. The summed E-state index contributed by atoms with van der Waals surface area (Å²) in [4.78, 5) is 40.1. The predicted molar refractivity (Wildman–Crippen MR) is 117 cm³/mol. The number of carbonyl (C=O) groups is 3. The number of rotatable bonds is 7. The fraction of sp³-hybridized carbons (Fsp3) is 0.591. The molecule has 3 saturated heterocycles. The first-order chi connectivity index (χ1) is 15.1. The summed E-state index contributed by atoms with van der Waals surface area (Å²) < 4.78 is 11.0. The molecule has 4 rings (SSSR count). The molecule has 9 heteroatoms. The van der Waals surface area contributed by atoms with Crippen LogP contribution < -0.4 is 10.6 Å². The Morgan fingerprint density at radius 2 is 2.00 bits per heavy atom. The third kappa shape index (κ3) is 5.46. The van der Waals surface area contributed by atoms with Gasteiger partial charge in [-0.2, -0.15) is 11.8 Å². The molecule has 3 heterocycles. The molecule has 0 spiro atoms. The number of thioether (sulfide) groups is 1. The first kappa shape index (κ1) is 22.3. The molecule has 4 atom stereocenters. The summed E-state index contributed by atoms with van der Waals surface area (Å²) in [5.74, 6) is 0.776. The van der Waals surface area contributed by atoms with Crippen molar-refractivity contribution in [2.24, 2.45) is 5.92 Å². The number of Topliss-reactive ketones (excluding diaryl/α,β-unsaturated/α-hetero) is 2. The van der Waals surface area contributed by atoms with Crippen LogP contribution in [0.4, 0.5) is 4.79 Å². The Labute approximate surface area is 186 Å². The van der Waals surface area contributed by atoms with Gasteiger partial charge in [0.1, 0.15) is 6.61 Å². The van der Waals surface area contributed by atoms with Crippen molar-refractivity contribution < 1.29 is 23.9 Å². The first-order valence-electron chi connectivity index (χ1n) is 10.8. The normalized spacial score (nSPS) is 26.9. The molecule has 1 aromatic carbocycles. The molecule has 3 unspecified atom stereocenters. The Kier molecular flexibility index (Phi) is 7.60. The van der Waals surface area contributed by atoms with Crippen LogP contribution in [0.2, 0.25) is 0 Å². The number of fused-ring (bicyclic) bond motifs is 1. The molecule has 0 saturated carbocycles. The second kappa shape index (κ2) is 10.6. The summed E-state index contributed by atoms with van der Waals surface area (Å²) in [5.41, 5.74) is 1.17. The van der Waals surface area contributed by atoms with Crippen molar-refractivity contribution in [2.75, 3.05) is 45.2 Å². The van der Waals surface area contributed by atoms with E-state index in [0.717, 1.165) is 5.75 Å². The molecule has 8 nitrogen and oxygen atoms in total. The predicted octanol–water partition coefficient (Wildman–Crippen LogP) is 0.845. The largest absolute Gasteiger partial charge is 0.378 e. The fourth-order valence-electron chi connectivity index (χ4n) is 4.32. The van der Waals surface area contributed by atoms with E-state index in [1.807, 2.05) is 30.3 Å². The van der Waals surface area contributed by atoms with Gasteiger partial charge in [-0.1, -0.05) is 30.3 Å². The molecule has 168 valence electrons. The summed E-state index contributed by atoms with van der Waals surface area (Å²) >= 11 is 1.62. The van der Waals surface area contributed by atoms with Crippen LogP contribution in [0.1, 0.15) is 12.0 Å². The van der Waals surface area contributed by atoms with Gasteiger partial charge in [0.05, 0.1) is 31.4 Å². The van der Waals surface area contributed by atoms with Gasteiger partial charge in [-0.15, -0.1) is 0 Å². The quantitative estimate of drug-likeness (QED) is 0.640. The maximum atomic E-state index is 13.5. The number of nitrogens with one attached hydrogen (secondary N) is 2. The third-order valence-corrected chi connectivity index (χ3v) is 7.12. The average Bonchev–Trinajstić information content (AvgIpc) is 3.20. The van der Waals surface area contributed by atoms with Gasteiger partial charge in [0.15, 0.2) is 11.6 Å². The summed E-state index contributed by atoms with van der Waals surface area (Å²) in [6.07, 6.45) is 0.149. The van der Waals surface area contributed by atoms with Crippen LogP contribution in [0.15, 0.2) is 30.3 Å². The highest BCUT2D eigenvalue weighted by Crippen LogP contribution is 2.28. The van der Waals surface area contributed by atoms with E-state index in [4.69, 9.17) is 9.47 Å². The highest BCUT2D eigenvalue weighted by Gasteiger charge is 2.47. The summed E-state index contributed by atoms with van der Waals surface area (Å²) in [6.45, 7) is 2.67. The highest BCUT2D eigenvalue weighted by atomic mass is 32.2. The zero-order chi connectivity index (χ0) is 21.6. The van der Waals surface area contributed by atoms with E-state index in [-0.39, 0.29) is 24.2 Å². The number of amides is 2. The van der Waals surface area contributed by atoms with Crippen molar-refractivity contribution in [2.45, 2.75) is 30.4 Å². The topological polar surface area (TPSA) is 97.0 Å². The van der Waals surface area contributed by atoms with Gasteiger partial charge in [-0.25, -0.2) is 4.79 Å². The number of urea groups is 1. The molecule has 1 aromatic rings. The van der Waals surface area contributed by atoms with E-state index in [2.05, 4.69) is 10.6 Å². The van der Waals surface area contributed by atoms with Gasteiger partial charge in [0, 0.05) is 30.5 Å². The fourth-order valence-corrected chi connectivity index (χ4v) is 5.35. The first-order valence-corrected chi connectivity index (χ1v) is 12.0. The van der Waals surface area contributed by atoms with Crippen molar-refractivity contribution in [3.05, 3.63) is 35.9 Å². The lowest BCUT2D eigenvalue weighted by atomic mass is 9.83. The number of benzene rings is 1. The molecule has 0 radical (unpaired) electrons. The van der Waals surface area contributed by atoms with E-state index < -0.39 is 24.1 Å². The minimum Gasteiger partial charge on any atom is -0.378 e. The number of nitrogens with zero attached hydrogens (tertiary/aromatic N) is 1. The Hall–Kier alpha value is -1.94. The van der Waals surface area contributed by atoms with Crippen LogP contribution >= 0.6 is 11.8 Å². The van der Waals surface area contributed by atoms with Crippen LogP contribution in [0.5, 0.6) is 0 Å². The molecule has 0 bridgehead atoms. The van der Waals surface area contributed by atoms with Crippen LogP contribution in [0.3, 0.4) is 0 Å². The number of carbonyl (C=O) groups excluding carboxylic acids is 3. The summed E-state index contributed by atoms with van der Waals surface area (Å²) in [5, 5.41) is 6.13. The van der Waals surface area contributed by atoms with E-state index in [0.29, 0.717) is 45.0 Å². The number of ether oxygens (including phenoxy) is 2. The lowest BCUT2D eigenvalue weighted by Gasteiger charge is -2.34. The lowest BCUT2D eigenvalue weighted by molar-refractivity contribution is -0.130. The maximum Gasteiger partial charge on any atom is 0.318 e. The number of ketones is 2. The van der Waals surface area contributed by atoms with Gasteiger partial charge in [-0.3, -0.25) is 9.59 Å². The van der Waals surface area contributed by atoms with Crippen molar-refractivity contribution >= 4 is 29.4 Å². The van der Waals surface area contributed by atoms with Crippen LogP contribution in [-0.2, 0) is 24.8 Å². The van der Waals surface area contributed by atoms with E-state index in [1.165, 1.54) is 5.56 Å². The van der Waals surface area contributed by atoms with Gasteiger partial charge >= 0.3 is 6.03 Å². The van der Waals surface area contributed by atoms with Crippen LogP contribution in [0, 0.1) is 5.92 Å². The third-order valence-electron chi connectivity index (χ3n) is 6.01. The van der Waals surface area contributed by atoms with Gasteiger partial charge < -0.3 is 25.0 Å². The highest BCUT2D eigenvalue weighted by molar-refractivity contribution is 7.98. The zero-order valence-corrected chi connectivity index (χ0v) is 18.3. The summed E-state index contributed by atoms with van der Waals surface area (Å²) in [7, 11) is 0. The molecule has 3 aliphatic heterocycles. The minimum atomic E-state index is -0.632. The van der Waals surface area contributed by atoms with E-state index in [1.54, 1.807) is 16.7 Å². The van der Waals surface area contributed by atoms with Crippen molar-refractivity contribution in [1.82, 2.24) is 15.5 Å². The summed E-state index contributed by atoms with van der Waals surface area (Å²) in [6, 6.07) is 8.75. The number of morpholine rings is 1. The Morgan fingerprint density at radius 1 is 1.23 bits per heavy atom. The van der Waals surface area contributed by atoms with E-state index in [9.17, 15) is 14.4 Å². The van der Waals surface area contributed by atoms with Gasteiger partial charge in [0.2, 0.25) is 0 Å². The molecule has 0 aromatic heterocycles. The number of piperidine rings is 1. The molecular formula is C22H29N3O5S. The van der Waals surface area contributed by atoms with Crippen LogP contribution in [-0.4, -0.2) is 85.9 Å². The second-order valence-electron chi connectivity index (χ2n) is 8.07. The smallest absolute Gasteiger partial charge is 0.318 e. The van der Waals surface area contributed by atoms with Gasteiger partial charge in [0.25, 0.3) is 0 Å². The molecule has 2 N–H and O–H groups in total. The Balaban J connectivity index is 1.43. The zero-order valence-electron chi connectivity index (χ0n) is 17.5. The standard InChI is InChI=1S/C22H29N3O5S/c26-18-12-30-21-16(6-7-23-19(18)21)20(27)17(14-31-13-15-4-2-1-3-5-15)24-22(28)25-8-10-29-11-9-25/h1-5,16-17,19,21,23H,6-14H2,(H,24,28)/t16?,17-,19?,21?/m0/s1. The second-order valence-corrected chi connectivity index (χ2v) is 9.10. The van der Waals surface area contributed by atoms with Crippen LogP contribution in [0.25, 0.3) is 0 Å². The minimum absolute atomic E-state index is 0.00476. The molecule has 2 amide bonds. The molecular weight excluding hydrogens is 418 g/mol. The van der Waals surface area contributed by atoms with E-state index >= 15 is 0 Å². The maximum absolute atomic E-state index is 13.5. The number of hydrogen-bond acceptors (Lipinski definition) is 7. The van der Waals surface area contributed by atoms with Crippen molar-refractivity contribution in [3.63, 3.8) is 0 Å². The molecule has 3 aliphatic rings. The lowest BCUT2D eigenvalue weighted by Crippen LogP contribution is -2.58. The average molecular weight is 448 g/mol. The van der Waals surface area contributed by atoms with Crippen molar-refractivity contribution in [1.29, 1.82) is 0 Å². The monoisotopic (exact) mass is 447 g/mol. The van der Waals surface area contributed by atoms with Gasteiger partial charge in [-0.05, 0) is 18.5 Å². The van der Waals surface area contributed by atoms with Crippen molar-refractivity contribution in [3.8, 4) is 0 Å². The Morgan fingerprint density at radius 3 is 2.77 bits per heavy atom.